The Labute approximate surface area is 106 Å². The fourth-order valence-electron chi connectivity index (χ4n) is 0.970. The molecule has 6 heteroatoms. The smallest absolute Gasteiger partial charge is 0.280 e. The number of amides is 1. The van der Waals surface area contributed by atoms with Gasteiger partial charge in [-0.1, -0.05) is 0 Å². The number of hydrazone groups is 1. The molecule has 5 nitrogen and oxygen atoms in total. The van der Waals surface area contributed by atoms with Crippen molar-refractivity contribution in [3.63, 3.8) is 0 Å². The zero-order chi connectivity index (χ0) is 12.1. The second kappa shape index (κ2) is 5.46. The number of hydrogen-bond acceptors (Lipinski definition) is 4. The number of nitrogens with one attached hydrogen (secondary N) is 1. The van der Waals surface area contributed by atoms with Crippen LogP contribution in [0.15, 0.2) is 23.3 Å². The van der Waals surface area contributed by atoms with E-state index in [9.17, 15) is 4.79 Å². The summed E-state index contributed by atoms with van der Waals surface area (Å²) in [6, 6.07) is 7.18. The average Bonchev–Trinajstić information content (AvgIpc) is 2.23. The quantitative estimate of drug-likeness (QED) is 0.499. The maximum absolute atomic E-state index is 10.7. The molecule has 0 saturated heterocycles. The fraction of sp³-hybridized carbons (Fsp3) is 0.100. The molecule has 16 heavy (non-hydrogen) atoms. The third-order valence-corrected chi connectivity index (χ3v) is 3.00. The van der Waals surface area contributed by atoms with Gasteiger partial charge < -0.3 is 5.73 Å². The number of nitrogens with zero attached hydrogens (tertiary/aromatic N) is 2. The van der Waals surface area contributed by atoms with Gasteiger partial charge in [0.05, 0.1) is 5.69 Å². The van der Waals surface area contributed by atoms with E-state index in [0.29, 0.717) is 5.69 Å². The molecule has 0 aliphatic heterocycles. The van der Waals surface area contributed by atoms with Gasteiger partial charge in [0.25, 0.3) is 5.91 Å². The summed E-state index contributed by atoms with van der Waals surface area (Å²) in [7, 11) is 0. The lowest BCUT2D eigenvalue weighted by Gasteiger charge is -2.03. The maximum atomic E-state index is 10.7. The molecule has 0 fully saturated rings. The van der Waals surface area contributed by atoms with E-state index in [1.54, 1.807) is 12.1 Å². The number of aryl methyl sites for hydroxylation is 1. The number of rotatable bonds is 3. The molecule has 0 aromatic heterocycles. The molecular weight excluding hydrogens is 319 g/mol. The number of nitriles is 1. The summed E-state index contributed by atoms with van der Waals surface area (Å²) < 4.78 is 1.13. The highest BCUT2D eigenvalue weighted by atomic mass is 127. The van der Waals surface area contributed by atoms with Gasteiger partial charge in [0.2, 0.25) is 5.71 Å². The first-order valence-electron chi connectivity index (χ1n) is 4.34. The minimum Gasteiger partial charge on any atom is -0.364 e. The van der Waals surface area contributed by atoms with Crippen molar-refractivity contribution < 1.29 is 4.79 Å². The SMILES string of the molecule is Cc1cc(NN=C(C#N)C(N)=O)ccc1I. The normalized spacial score (nSPS) is 10.7. The first-order chi connectivity index (χ1) is 7.54. The van der Waals surface area contributed by atoms with E-state index < -0.39 is 5.91 Å². The van der Waals surface area contributed by atoms with Gasteiger partial charge in [0.1, 0.15) is 6.07 Å². The minimum absolute atomic E-state index is 0.351. The van der Waals surface area contributed by atoms with Crippen molar-refractivity contribution in [2.75, 3.05) is 5.43 Å². The Morgan fingerprint density at radius 1 is 1.62 bits per heavy atom. The Morgan fingerprint density at radius 3 is 2.81 bits per heavy atom. The number of halogens is 1. The van der Waals surface area contributed by atoms with E-state index in [1.165, 1.54) is 0 Å². The van der Waals surface area contributed by atoms with Gasteiger partial charge >= 0.3 is 0 Å². The van der Waals surface area contributed by atoms with Gasteiger partial charge in [0.15, 0.2) is 0 Å². The standard InChI is InChI=1S/C10H9IN4O/c1-6-4-7(2-3-8(6)11)14-15-9(5-12)10(13)16/h2-4,14H,1H3,(H2,13,16). The Bertz CT molecular complexity index is 490. The van der Waals surface area contributed by atoms with Crippen molar-refractivity contribution in [2.45, 2.75) is 6.92 Å². The molecule has 3 N–H and O–H groups in total. The van der Waals surface area contributed by atoms with Crippen LogP contribution in [0.3, 0.4) is 0 Å². The van der Waals surface area contributed by atoms with Crippen molar-refractivity contribution in [3.8, 4) is 6.07 Å². The van der Waals surface area contributed by atoms with Crippen LogP contribution in [0.1, 0.15) is 5.56 Å². The highest BCUT2D eigenvalue weighted by molar-refractivity contribution is 14.1. The van der Waals surface area contributed by atoms with Crippen molar-refractivity contribution in [1.82, 2.24) is 0 Å². The third kappa shape index (κ3) is 3.20. The number of benzene rings is 1. The van der Waals surface area contributed by atoms with Gasteiger partial charge in [-0.15, -0.1) is 0 Å². The van der Waals surface area contributed by atoms with E-state index in [4.69, 9.17) is 11.0 Å². The molecule has 0 aliphatic carbocycles. The summed E-state index contributed by atoms with van der Waals surface area (Å²) in [4.78, 5) is 10.7. The topological polar surface area (TPSA) is 91.3 Å². The zero-order valence-corrected chi connectivity index (χ0v) is 10.6. The molecular formula is C10H9IN4O. The summed E-state index contributed by atoms with van der Waals surface area (Å²) in [5, 5.41) is 12.2. The van der Waals surface area contributed by atoms with Crippen molar-refractivity contribution >= 4 is 39.9 Å². The number of anilines is 1. The van der Waals surface area contributed by atoms with Crippen molar-refractivity contribution in [3.05, 3.63) is 27.3 Å². The molecule has 82 valence electrons. The molecule has 0 spiro atoms. The summed E-state index contributed by atoms with van der Waals surface area (Å²) in [6.07, 6.45) is 0. The van der Waals surface area contributed by atoms with Crippen LogP contribution >= 0.6 is 22.6 Å². The highest BCUT2D eigenvalue weighted by Crippen LogP contribution is 2.16. The monoisotopic (exact) mass is 328 g/mol. The van der Waals surface area contributed by atoms with Gasteiger partial charge in [-0.25, -0.2) is 0 Å². The number of nitrogens with two attached hydrogens (primary N) is 1. The molecule has 0 heterocycles. The first kappa shape index (κ1) is 12.4. The lowest BCUT2D eigenvalue weighted by molar-refractivity contribution is -0.111. The molecule has 0 saturated carbocycles. The van der Waals surface area contributed by atoms with Crippen LogP contribution in [0.5, 0.6) is 0 Å². The number of carbonyl (C=O) groups excluding carboxylic acids is 1. The summed E-state index contributed by atoms with van der Waals surface area (Å²) in [6.45, 7) is 1.95. The molecule has 0 radical (unpaired) electrons. The number of hydrogen-bond donors (Lipinski definition) is 2. The maximum Gasteiger partial charge on any atom is 0.280 e. The lowest BCUT2D eigenvalue weighted by Crippen LogP contribution is -2.22. The second-order valence-electron chi connectivity index (χ2n) is 3.01. The Balaban J connectivity index is 2.86. The van der Waals surface area contributed by atoms with E-state index >= 15 is 0 Å². The molecule has 1 rings (SSSR count). The van der Waals surface area contributed by atoms with Gasteiger partial charge in [-0.3, -0.25) is 10.2 Å². The largest absolute Gasteiger partial charge is 0.364 e. The van der Waals surface area contributed by atoms with Crippen LogP contribution in [0.2, 0.25) is 0 Å². The Hall–Kier alpha value is -1.62. The Morgan fingerprint density at radius 2 is 2.31 bits per heavy atom. The van der Waals surface area contributed by atoms with Crippen LogP contribution in [0.4, 0.5) is 5.69 Å². The van der Waals surface area contributed by atoms with E-state index in [-0.39, 0.29) is 5.71 Å². The zero-order valence-electron chi connectivity index (χ0n) is 8.49. The summed E-state index contributed by atoms with van der Waals surface area (Å²) in [5.74, 6) is -0.850. The van der Waals surface area contributed by atoms with Crippen LogP contribution in [0.25, 0.3) is 0 Å². The van der Waals surface area contributed by atoms with Crippen LogP contribution in [-0.4, -0.2) is 11.6 Å². The van der Waals surface area contributed by atoms with Crippen LogP contribution in [-0.2, 0) is 4.79 Å². The van der Waals surface area contributed by atoms with Gasteiger partial charge in [0, 0.05) is 3.57 Å². The van der Waals surface area contributed by atoms with Crippen molar-refractivity contribution in [1.29, 1.82) is 5.26 Å². The second-order valence-corrected chi connectivity index (χ2v) is 4.17. The van der Waals surface area contributed by atoms with Gasteiger partial charge in [-0.05, 0) is 53.3 Å². The van der Waals surface area contributed by atoms with E-state index in [2.05, 4.69) is 33.1 Å². The van der Waals surface area contributed by atoms with Crippen LogP contribution < -0.4 is 11.2 Å². The minimum atomic E-state index is -0.850. The summed E-state index contributed by atoms with van der Waals surface area (Å²) >= 11 is 2.21. The summed E-state index contributed by atoms with van der Waals surface area (Å²) in [5.41, 5.74) is 8.97. The molecule has 1 aromatic rings. The van der Waals surface area contributed by atoms with Crippen molar-refractivity contribution in [2.24, 2.45) is 10.8 Å². The molecule has 1 aromatic carbocycles. The molecule has 0 atom stereocenters. The number of carbonyl (C=O) groups is 1. The molecule has 1 amide bonds. The lowest BCUT2D eigenvalue weighted by atomic mass is 10.2. The van der Waals surface area contributed by atoms with Gasteiger partial charge in [-0.2, -0.15) is 10.4 Å². The third-order valence-electron chi connectivity index (χ3n) is 1.79. The fourth-order valence-corrected chi connectivity index (χ4v) is 1.31. The average molecular weight is 328 g/mol. The molecule has 0 bridgehead atoms. The van der Waals surface area contributed by atoms with Crippen LogP contribution in [0, 0.1) is 21.8 Å². The first-order valence-corrected chi connectivity index (χ1v) is 5.42. The predicted molar refractivity (Wildman–Crippen MR) is 69.8 cm³/mol. The Kier molecular flexibility index (Phi) is 4.25. The van der Waals surface area contributed by atoms with E-state index in [1.807, 2.05) is 19.1 Å². The van der Waals surface area contributed by atoms with E-state index in [0.717, 1.165) is 9.13 Å². The molecule has 0 aliphatic rings. The predicted octanol–water partition coefficient (Wildman–Crippen LogP) is 1.38. The highest BCUT2D eigenvalue weighted by Gasteiger charge is 2.04. The molecule has 0 unspecified atom stereocenters. The number of primary amides is 1.